The van der Waals surface area contributed by atoms with Crippen LogP contribution in [0.1, 0.15) is 25.3 Å². The van der Waals surface area contributed by atoms with Gasteiger partial charge in [0.25, 0.3) is 0 Å². The van der Waals surface area contributed by atoms with E-state index in [-0.39, 0.29) is 19.4 Å². The molecule has 0 fully saturated rings. The molecule has 0 saturated heterocycles. The van der Waals surface area contributed by atoms with Gasteiger partial charge < -0.3 is 9.47 Å². The molecule has 0 aromatic heterocycles. The summed E-state index contributed by atoms with van der Waals surface area (Å²) in [7, 11) is 1.29. The minimum Gasteiger partial charge on any atom is -0.469 e. The third-order valence-electron chi connectivity index (χ3n) is 2.60. The fourth-order valence-electron chi connectivity index (χ4n) is 1.65. The monoisotopic (exact) mass is 280 g/mol. The zero-order valence-corrected chi connectivity index (χ0v) is 11.5. The number of benzene rings is 1. The smallest absolute Gasteiger partial charge is 0.331 e. The Bertz CT molecular complexity index is 508. The molecule has 0 amide bonds. The van der Waals surface area contributed by atoms with Gasteiger partial charge in [-0.1, -0.05) is 12.1 Å². The van der Waals surface area contributed by atoms with Crippen LogP contribution in [0.25, 0.3) is 5.57 Å². The molecule has 1 rings (SSSR count). The van der Waals surface area contributed by atoms with E-state index in [1.54, 1.807) is 19.1 Å². The van der Waals surface area contributed by atoms with Crippen LogP contribution in [-0.4, -0.2) is 25.7 Å². The Morgan fingerprint density at radius 2 is 2.05 bits per heavy atom. The van der Waals surface area contributed by atoms with E-state index in [1.807, 2.05) is 0 Å². The van der Waals surface area contributed by atoms with Gasteiger partial charge in [0.05, 0.1) is 13.7 Å². The van der Waals surface area contributed by atoms with Gasteiger partial charge in [-0.15, -0.1) is 0 Å². The van der Waals surface area contributed by atoms with Gasteiger partial charge in [-0.25, -0.2) is 9.18 Å². The Hall–Kier alpha value is -2.17. The summed E-state index contributed by atoms with van der Waals surface area (Å²) in [6.07, 6.45) is 1.66. The Kier molecular flexibility index (Phi) is 6.43. The third-order valence-corrected chi connectivity index (χ3v) is 2.60. The van der Waals surface area contributed by atoms with Gasteiger partial charge in [-0.3, -0.25) is 4.79 Å². The van der Waals surface area contributed by atoms with Crippen molar-refractivity contribution in [1.82, 2.24) is 0 Å². The van der Waals surface area contributed by atoms with Crippen LogP contribution >= 0.6 is 0 Å². The Labute approximate surface area is 117 Å². The number of carbonyl (C=O) groups excluding carboxylic acids is 2. The standard InChI is InChI=1S/C15H17FO4/c1-3-20-15(18)10-12(7-8-14(17)19-2)11-5-4-6-13(16)9-11/h4-6,9-10H,3,7-8H2,1-2H3/b12-10-. The van der Waals surface area contributed by atoms with E-state index in [0.29, 0.717) is 11.1 Å². The quantitative estimate of drug-likeness (QED) is 0.594. The molecular formula is C15H17FO4. The van der Waals surface area contributed by atoms with E-state index in [1.165, 1.54) is 25.3 Å². The van der Waals surface area contributed by atoms with Crippen LogP contribution < -0.4 is 0 Å². The summed E-state index contributed by atoms with van der Waals surface area (Å²) in [5.74, 6) is -1.32. The number of esters is 2. The molecule has 0 saturated carbocycles. The second-order valence-electron chi connectivity index (χ2n) is 4.01. The molecule has 0 spiro atoms. The molecule has 0 unspecified atom stereocenters. The SMILES string of the molecule is CCOC(=O)/C=C(/CCC(=O)OC)c1cccc(F)c1. The number of hydrogen-bond donors (Lipinski definition) is 0. The lowest BCUT2D eigenvalue weighted by atomic mass is 10.0. The van der Waals surface area contributed by atoms with Gasteiger partial charge in [-0.2, -0.15) is 0 Å². The van der Waals surface area contributed by atoms with Gasteiger partial charge in [0.1, 0.15) is 5.82 Å². The number of hydrogen-bond acceptors (Lipinski definition) is 4. The molecule has 1 aromatic rings. The second kappa shape index (κ2) is 8.09. The van der Waals surface area contributed by atoms with Gasteiger partial charge in [0.2, 0.25) is 0 Å². The topological polar surface area (TPSA) is 52.6 Å². The Morgan fingerprint density at radius 1 is 1.30 bits per heavy atom. The van der Waals surface area contributed by atoms with E-state index >= 15 is 0 Å². The Balaban J connectivity index is 2.94. The van der Waals surface area contributed by atoms with Crippen molar-refractivity contribution in [2.24, 2.45) is 0 Å². The van der Waals surface area contributed by atoms with E-state index in [2.05, 4.69) is 4.74 Å². The zero-order valence-electron chi connectivity index (χ0n) is 11.5. The van der Waals surface area contributed by atoms with Crippen molar-refractivity contribution in [1.29, 1.82) is 0 Å². The Morgan fingerprint density at radius 3 is 2.65 bits per heavy atom. The maximum Gasteiger partial charge on any atom is 0.331 e. The molecule has 108 valence electrons. The van der Waals surface area contributed by atoms with Crippen LogP contribution in [0.3, 0.4) is 0 Å². The summed E-state index contributed by atoms with van der Waals surface area (Å²) in [6.45, 7) is 1.95. The average molecular weight is 280 g/mol. The molecule has 0 N–H and O–H groups in total. The highest BCUT2D eigenvalue weighted by atomic mass is 19.1. The van der Waals surface area contributed by atoms with Crippen molar-refractivity contribution in [2.45, 2.75) is 19.8 Å². The largest absolute Gasteiger partial charge is 0.469 e. The number of allylic oxidation sites excluding steroid dienone is 1. The molecule has 0 radical (unpaired) electrons. The van der Waals surface area contributed by atoms with Gasteiger partial charge >= 0.3 is 11.9 Å². The molecule has 4 nitrogen and oxygen atoms in total. The van der Waals surface area contributed by atoms with Crippen molar-refractivity contribution in [3.05, 3.63) is 41.7 Å². The third kappa shape index (κ3) is 5.22. The molecule has 0 aliphatic heterocycles. The molecular weight excluding hydrogens is 263 g/mol. The fourth-order valence-corrected chi connectivity index (χ4v) is 1.65. The highest BCUT2D eigenvalue weighted by Crippen LogP contribution is 2.21. The molecule has 0 aliphatic carbocycles. The van der Waals surface area contributed by atoms with Crippen LogP contribution in [0, 0.1) is 5.82 Å². The van der Waals surface area contributed by atoms with Crippen molar-refractivity contribution < 1.29 is 23.5 Å². The molecule has 20 heavy (non-hydrogen) atoms. The maximum absolute atomic E-state index is 13.2. The van der Waals surface area contributed by atoms with Crippen molar-refractivity contribution in [2.75, 3.05) is 13.7 Å². The predicted octanol–water partition coefficient (Wildman–Crippen LogP) is 2.73. The van der Waals surface area contributed by atoms with Gasteiger partial charge in [0.15, 0.2) is 0 Å². The lowest BCUT2D eigenvalue weighted by Gasteiger charge is -2.08. The molecule has 5 heteroatoms. The summed E-state index contributed by atoms with van der Waals surface area (Å²) < 4.78 is 22.6. The van der Waals surface area contributed by atoms with Gasteiger partial charge in [0, 0.05) is 12.5 Å². The number of carbonyl (C=O) groups is 2. The lowest BCUT2D eigenvalue weighted by molar-refractivity contribution is -0.140. The first-order chi connectivity index (χ1) is 9.56. The molecule has 1 aromatic carbocycles. The fraction of sp³-hybridized carbons (Fsp3) is 0.333. The van der Waals surface area contributed by atoms with E-state index in [4.69, 9.17) is 4.74 Å². The molecule has 0 atom stereocenters. The van der Waals surface area contributed by atoms with Crippen LogP contribution in [-0.2, 0) is 19.1 Å². The highest BCUT2D eigenvalue weighted by molar-refractivity contribution is 5.92. The zero-order chi connectivity index (χ0) is 15.0. The van der Waals surface area contributed by atoms with Gasteiger partial charge in [-0.05, 0) is 36.6 Å². The second-order valence-corrected chi connectivity index (χ2v) is 4.01. The van der Waals surface area contributed by atoms with E-state index in [0.717, 1.165) is 0 Å². The van der Waals surface area contributed by atoms with Crippen LogP contribution in [0.2, 0.25) is 0 Å². The normalized spacial score (nSPS) is 11.1. The van der Waals surface area contributed by atoms with E-state index in [9.17, 15) is 14.0 Å². The first-order valence-electron chi connectivity index (χ1n) is 6.27. The minimum atomic E-state index is -0.517. The summed E-state index contributed by atoms with van der Waals surface area (Å²) in [6, 6.07) is 5.83. The first-order valence-corrected chi connectivity index (χ1v) is 6.27. The summed E-state index contributed by atoms with van der Waals surface area (Å²) >= 11 is 0. The van der Waals surface area contributed by atoms with Crippen molar-refractivity contribution in [3.8, 4) is 0 Å². The van der Waals surface area contributed by atoms with Crippen molar-refractivity contribution in [3.63, 3.8) is 0 Å². The summed E-state index contributed by atoms with van der Waals surface area (Å²) in [5.41, 5.74) is 1.08. The van der Waals surface area contributed by atoms with Crippen LogP contribution in [0.15, 0.2) is 30.3 Å². The molecule has 0 aliphatic rings. The highest BCUT2D eigenvalue weighted by Gasteiger charge is 2.10. The van der Waals surface area contributed by atoms with Crippen LogP contribution in [0.4, 0.5) is 4.39 Å². The maximum atomic E-state index is 13.2. The number of rotatable bonds is 6. The lowest BCUT2D eigenvalue weighted by Crippen LogP contribution is -2.04. The number of ether oxygens (including phenoxy) is 2. The summed E-state index contributed by atoms with van der Waals surface area (Å²) in [4.78, 5) is 22.7. The van der Waals surface area contributed by atoms with Crippen LogP contribution in [0.5, 0.6) is 0 Å². The van der Waals surface area contributed by atoms with Crippen molar-refractivity contribution >= 4 is 17.5 Å². The minimum absolute atomic E-state index is 0.109. The van der Waals surface area contributed by atoms with E-state index < -0.39 is 17.8 Å². The molecule has 0 bridgehead atoms. The first kappa shape index (κ1) is 15.9. The summed E-state index contributed by atoms with van der Waals surface area (Å²) in [5, 5.41) is 0. The predicted molar refractivity (Wildman–Crippen MR) is 72.3 cm³/mol. The number of halogens is 1. The number of methoxy groups -OCH3 is 1. The molecule has 0 heterocycles. The average Bonchev–Trinajstić information content (AvgIpc) is 2.43.